The third-order valence-corrected chi connectivity index (χ3v) is 5.76. The molecular weight excluding hydrogens is 400 g/mol. The van der Waals surface area contributed by atoms with Crippen LogP contribution in [0.3, 0.4) is 0 Å². The lowest BCUT2D eigenvalue weighted by Gasteiger charge is -2.21. The van der Waals surface area contributed by atoms with Crippen molar-refractivity contribution in [2.24, 2.45) is 5.92 Å². The van der Waals surface area contributed by atoms with Gasteiger partial charge >= 0.3 is 0 Å². The van der Waals surface area contributed by atoms with Crippen molar-refractivity contribution in [2.45, 2.75) is 26.3 Å². The molecule has 164 valence electrons. The molecule has 0 saturated carbocycles. The Morgan fingerprint density at radius 3 is 2.58 bits per heavy atom. The first-order chi connectivity index (χ1) is 14.9. The molecule has 0 radical (unpaired) electrons. The van der Waals surface area contributed by atoms with E-state index < -0.39 is 5.92 Å². The summed E-state index contributed by atoms with van der Waals surface area (Å²) in [4.78, 5) is 27.2. The highest BCUT2D eigenvalue weighted by molar-refractivity contribution is 6.00. The number of carbonyl (C=O) groups excluding carboxylic acids is 2. The average Bonchev–Trinajstić information content (AvgIpc) is 3.39. The van der Waals surface area contributed by atoms with Crippen molar-refractivity contribution in [3.05, 3.63) is 41.5 Å². The molecule has 0 spiro atoms. The van der Waals surface area contributed by atoms with Crippen LogP contribution in [0, 0.1) is 12.8 Å². The average molecular weight is 426 g/mol. The van der Waals surface area contributed by atoms with Crippen LogP contribution >= 0.6 is 0 Å². The van der Waals surface area contributed by atoms with E-state index in [9.17, 15) is 9.59 Å². The number of rotatable bonds is 6. The molecule has 4 rings (SSSR count). The number of aryl methyl sites for hydroxylation is 1. The van der Waals surface area contributed by atoms with Crippen LogP contribution in [0.25, 0.3) is 0 Å². The summed E-state index contributed by atoms with van der Waals surface area (Å²) >= 11 is 0. The summed E-state index contributed by atoms with van der Waals surface area (Å²) in [5.41, 5.74) is 2.62. The second-order valence-electron chi connectivity index (χ2n) is 7.74. The molecular formula is C23H26N2O6. The fraction of sp³-hybridized carbons (Fsp3) is 0.391. The minimum Gasteiger partial charge on any atom is -0.493 e. The van der Waals surface area contributed by atoms with Gasteiger partial charge in [0.25, 0.3) is 0 Å². The molecule has 2 aromatic carbocycles. The first-order valence-corrected chi connectivity index (χ1v) is 10.1. The van der Waals surface area contributed by atoms with Gasteiger partial charge in [-0.25, -0.2) is 0 Å². The molecule has 1 N–H and O–H groups in total. The Balaban J connectivity index is 1.45. The van der Waals surface area contributed by atoms with Crippen LogP contribution in [0.4, 0.5) is 5.69 Å². The van der Waals surface area contributed by atoms with E-state index in [1.165, 1.54) is 0 Å². The summed E-state index contributed by atoms with van der Waals surface area (Å²) in [5, 5.41) is 3.04. The largest absolute Gasteiger partial charge is 0.493 e. The summed E-state index contributed by atoms with van der Waals surface area (Å²) < 4.78 is 21.4. The van der Waals surface area contributed by atoms with Crippen LogP contribution in [0.2, 0.25) is 0 Å². The fourth-order valence-corrected chi connectivity index (χ4v) is 4.06. The fourth-order valence-electron chi connectivity index (χ4n) is 4.06. The molecule has 31 heavy (non-hydrogen) atoms. The van der Waals surface area contributed by atoms with Gasteiger partial charge in [-0.1, -0.05) is 0 Å². The van der Waals surface area contributed by atoms with Crippen LogP contribution in [0.15, 0.2) is 30.3 Å². The van der Waals surface area contributed by atoms with Crippen molar-refractivity contribution >= 4 is 17.5 Å². The number of nitrogens with zero attached hydrogens (tertiary/aromatic N) is 1. The molecule has 1 saturated heterocycles. The van der Waals surface area contributed by atoms with Gasteiger partial charge in [-0.15, -0.1) is 0 Å². The third-order valence-electron chi connectivity index (χ3n) is 5.76. The lowest BCUT2D eigenvalue weighted by atomic mass is 10.00. The summed E-state index contributed by atoms with van der Waals surface area (Å²) in [6.07, 6.45) is 0.165. The van der Waals surface area contributed by atoms with E-state index in [0.29, 0.717) is 35.2 Å². The molecule has 2 unspecified atom stereocenters. The Hall–Kier alpha value is -3.42. The van der Waals surface area contributed by atoms with E-state index in [1.54, 1.807) is 37.3 Å². The van der Waals surface area contributed by atoms with Gasteiger partial charge in [0, 0.05) is 24.7 Å². The Morgan fingerprint density at radius 1 is 1.13 bits per heavy atom. The second kappa shape index (κ2) is 8.37. The minimum absolute atomic E-state index is 0.0889. The summed E-state index contributed by atoms with van der Waals surface area (Å²) in [7, 11) is 3.17. The van der Waals surface area contributed by atoms with Crippen molar-refractivity contribution < 1.29 is 28.5 Å². The lowest BCUT2D eigenvalue weighted by Crippen LogP contribution is -2.34. The number of amides is 2. The molecule has 0 aromatic heterocycles. The molecule has 2 atom stereocenters. The van der Waals surface area contributed by atoms with Gasteiger partial charge in [0.1, 0.15) is 0 Å². The van der Waals surface area contributed by atoms with Gasteiger partial charge in [-0.2, -0.15) is 0 Å². The predicted octanol–water partition coefficient (Wildman–Crippen LogP) is 2.97. The highest BCUT2D eigenvalue weighted by atomic mass is 16.7. The number of hydrogen-bond acceptors (Lipinski definition) is 6. The number of ether oxygens (including phenoxy) is 4. The van der Waals surface area contributed by atoms with Crippen molar-refractivity contribution in [3.8, 4) is 23.0 Å². The van der Waals surface area contributed by atoms with Crippen molar-refractivity contribution in [2.75, 3.05) is 32.5 Å². The van der Waals surface area contributed by atoms with E-state index in [1.807, 2.05) is 26.0 Å². The maximum Gasteiger partial charge on any atom is 0.231 e. The molecule has 2 heterocycles. The number of anilines is 1. The van der Waals surface area contributed by atoms with Crippen LogP contribution in [0.5, 0.6) is 23.0 Å². The Morgan fingerprint density at radius 2 is 1.84 bits per heavy atom. The minimum atomic E-state index is -0.430. The number of methoxy groups -OCH3 is 2. The van der Waals surface area contributed by atoms with Gasteiger partial charge < -0.3 is 29.2 Å². The summed E-state index contributed by atoms with van der Waals surface area (Å²) in [6, 6.07) is 8.87. The Labute approximate surface area is 181 Å². The molecule has 2 amide bonds. The van der Waals surface area contributed by atoms with E-state index >= 15 is 0 Å². The number of hydrogen-bond donors (Lipinski definition) is 1. The van der Waals surface area contributed by atoms with Crippen molar-refractivity contribution in [1.82, 2.24) is 5.32 Å². The van der Waals surface area contributed by atoms with Crippen LogP contribution in [-0.2, 0) is 9.59 Å². The predicted molar refractivity (Wildman–Crippen MR) is 114 cm³/mol. The monoisotopic (exact) mass is 426 g/mol. The highest BCUT2D eigenvalue weighted by Gasteiger charge is 2.36. The van der Waals surface area contributed by atoms with Crippen molar-refractivity contribution in [3.63, 3.8) is 0 Å². The standard InChI is InChI=1S/C23H26N2O6/c1-13-7-19(28-3)20(29-4)10-17(13)14(2)24-23(27)15-8-22(26)25(11-15)16-5-6-18-21(9-16)31-12-30-18/h5-7,9-10,14-15H,8,11-12H2,1-4H3,(H,24,27). The highest BCUT2D eigenvalue weighted by Crippen LogP contribution is 2.37. The number of fused-ring (bicyclic) bond motifs is 1. The van der Waals surface area contributed by atoms with Gasteiger partial charge in [0.15, 0.2) is 23.0 Å². The quantitative estimate of drug-likeness (QED) is 0.764. The zero-order chi connectivity index (χ0) is 22.1. The SMILES string of the molecule is COc1cc(C)c(C(C)NC(=O)C2CC(=O)N(c3ccc4c(c3)OCO4)C2)cc1OC. The van der Waals surface area contributed by atoms with Crippen LogP contribution < -0.4 is 29.2 Å². The van der Waals surface area contributed by atoms with Crippen LogP contribution in [-0.4, -0.2) is 39.4 Å². The van der Waals surface area contributed by atoms with E-state index in [0.717, 1.165) is 11.1 Å². The molecule has 2 aliphatic heterocycles. The number of benzene rings is 2. The number of carbonyl (C=O) groups is 2. The van der Waals surface area contributed by atoms with Gasteiger partial charge in [0.05, 0.1) is 26.2 Å². The lowest BCUT2D eigenvalue weighted by molar-refractivity contribution is -0.126. The molecule has 0 aliphatic carbocycles. The Kier molecular flexibility index (Phi) is 5.63. The molecule has 2 aromatic rings. The maximum absolute atomic E-state index is 12.9. The van der Waals surface area contributed by atoms with E-state index in [-0.39, 0.29) is 31.1 Å². The zero-order valence-electron chi connectivity index (χ0n) is 18.1. The second-order valence-corrected chi connectivity index (χ2v) is 7.74. The number of nitrogens with one attached hydrogen (secondary N) is 1. The first kappa shape index (κ1) is 20.8. The molecule has 8 nitrogen and oxygen atoms in total. The smallest absolute Gasteiger partial charge is 0.231 e. The van der Waals surface area contributed by atoms with E-state index in [4.69, 9.17) is 18.9 Å². The van der Waals surface area contributed by atoms with Crippen LogP contribution in [0.1, 0.15) is 30.5 Å². The van der Waals surface area contributed by atoms with Crippen molar-refractivity contribution in [1.29, 1.82) is 0 Å². The summed E-state index contributed by atoms with van der Waals surface area (Å²) in [5.74, 6) is 1.84. The molecule has 1 fully saturated rings. The first-order valence-electron chi connectivity index (χ1n) is 10.1. The maximum atomic E-state index is 12.9. The molecule has 0 bridgehead atoms. The molecule has 2 aliphatic rings. The summed E-state index contributed by atoms with van der Waals surface area (Å²) in [6.45, 7) is 4.37. The Bertz CT molecular complexity index is 1020. The normalized spacial score (nSPS) is 18.1. The molecule has 8 heteroatoms. The van der Waals surface area contributed by atoms with Gasteiger partial charge in [-0.3, -0.25) is 9.59 Å². The van der Waals surface area contributed by atoms with E-state index in [2.05, 4.69) is 5.32 Å². The van der Waals surface area contributed by atoms with Gasteiger partial charge in [0.2, 0.25) is 18.6 Å². The topological polar surface area (TPSA) is 86.3 Å². The van der Waals surface area contributed by atoms with Gasteiger partial charge in [-0.05, 0) is 49.2 Å². The zero-order valence-corrected chi connectivity index (χ0v) is 18.1. The third kappa shape index (κ3) is 3.97.